The highest BCUT2D eigenvalue weighted by Crippen LogP contribution is 2.34. The van der Waals surface area contributed by atoms with Crippen molar-refractivity contribution in [1.82, 2.24) is 0 Å². The van der Waals surface area contributed by atoms with Gasteiger partial charge in [-0.1, -0.05) is 42.5 Å². The van der Waals surface area contributed by atoms with E-state index in [0.717, 1.165) is 16.9 Å². The van der Waals surface area contributed by atoms with E-state index in [9.17, 15) is 9.59 Å². The highest BCUT2D eigenvalue weighted by atomic mass is 16.5. The van der Waals surface area contributed by atoms with Gasteiger partial charge in [-0.15, -0.1) is 0 Å². The first-order valence-corrected chi connectivity index (χ1v) is 10.3. The van der Waals surface area contributed by atoms with Crippen molar-refractivity contribution in [2.75, 3.05) is 14.2 Å². The summed E-state index contributed by atoms with van der Waals surface area (Å²) in [5.74, 6) is 1.45. The minimum Gasteiger partial charge on any atom is -0.496 e. The fourth-order valence-electron chi connectivity index (χ4n) is 3.34. The van der Waals surface area contributed by atoms with Gasteiger partial charge in [0.15, 0.2) is 5.76 Å². The Labute approximate surface area is 191 Å². The summed E-state index contributed by atoms with van der Waals surface area (Å²) in [4.78, 5) is 24.2. The molecule has 0 bridgehead atoms. The topological polar surface area (TPSA) is 71.1 Å². The summed E-state index contributed by atoms with van der Waals surface area (Å²) in [6, 6.07) is 19.7. The first-order valence-electron chi connectivity index (χ1n) is 10.3. The fourth-order valence-corrected chi connectivity index (χ4v) is 3.34. The second-order valence-electron chi connectivity index (χ2n) is 7.20. The zero-order valence-corrected chi connectivity index (χ0v) is 18.2. The normalized spacial score (nSPS) is 13.6. The van der Waals surface area contributed by atoms with Crippen LogP contribution in [0.5, 0.6) is 17.2 Å². The van der Waals surface area contributed by atoms with Gasteiger partial charge in [-0.05, 0) is 42.0 Å². The molecule has 0 N–H and O–H groups in total. The molecule has 3 aromatic carbocycles. The molecule has 0 aliphatic carbocycles. The molecule has 6 heteroatoms. The minimum absolute atomic E-state index is 0.181. The molecule has 166 valence electrons. The highest BCUT2D eigenvalue weighted by molar-refractivity contribution is 6.12. The van der Waals surface area contributed by atoms with E-state index in [4.69, 9.17) is 18.9 Å². The average Bonchev–Trinajstić information content (AvgIpc) is 3.17. The summed E-state index contributed by atoms with van der Waals surface area (Å²) in [6.07, 6.45) is 5.25. The predicted octanol–water partition coefficient (Wildman–Crippen LogP) is 5.23. The van der Waals surface area contributed by atoms with E-state index in [1.807, 2.05) is 30.3 Å². The van der Waals surface area contributed by atoms with Crippen molar-refractivity contribution in [3.8, 4) is 17.2 Å². The zero-order chi connectivity index (χ0) is 23.2. The third-order valence-corrected chi connectivity index (χ3v) is 5.08. The van der Waals surface area contributed by atoms with Gasteiger partial charge in [0.2, 0.25) is 5.78 Å². The van der Waals surface area contributed by atoms with Crippen LogP contribution in [0, 0.1) is 0 Å². The SMILES string of the molecule is COC(=O)c1ccc(COc2ccc3c(c2)O/C(=C\C=C\c2ccccc2OC)C3=O)cc1. The van der Waals surface area contributed by atoms with Crippen molar-refractivity contribution in [3.05, 3.63) is 107 Å². The fraction of sp³-hybridized carbons (Fsp3) is 0.111. The van der Waals surface area contributed by atoms with Crippen LogP contribution in [0.3, 0.4) is 0 Å². The monoisotopic (exact) mass is 442 g/mol. The number of methoxy groups -OCH3 is 2. The van der Waals surface area contributed by atoms with E-state index in [1.165, 1.54) is 7.11 Å². The molecule has 0 amide bonds. The van der Waals surface area contributed by atoms with Crippen LogP contribution in [0.1, 0.15) is 31.8 Å². The Morgan fingerprint density at radius 3 is 2.55 bits per heavy atom. The summed E-state index contributed by atoms with van der Waals surface area (Å²) < 4.78 is 21.6. The largest absolute Gasteiger partial charge is 0.496 e. The lowest BCUT2D eigenvalue weighted by Crippen LogP contribution is -2.02. The number of hydrogen-bond donors (Lipinski definition) is 0. The first kappa shape index (κ1) is 21.9. The number of ether oxygens (including phenoxy) is 4. The van der Waals surface area contributed by atoms with Crippen molar-refractivity contribution < 1.29 is 28.5 Å². The Hall–Kier alpha value is -4.32. The summed E-state index contributed by atoms with van der Waals surface area (Å²) in [5, 5.41) is 0. The number of esters is 1. The number of para-hydroxylation sites is 1. The van der Waals surface area contributed by atoms with Crippen molar-refractivity contribution in [3.63, 3.8) is 0 Å². The molecule has 0 saturated heterocycles. The van der Waals surface area contributed by atoms with Crippen LogP contribution in [-0.2, 0) is 11.3 Å². The Kier molecular flexibility index (Phi) is 6.55. The lowest BCUT2D eigenvalue weighted by atomic mass is 10.1. The number of fused-ring (bicyclic) bond motifs is 1. The van der Waals surface area contributed by atoms with Crippen LogP contribution in [-0.4, -0.2) is 26.0 Å². The predicted molar refractivity (Wildman–Crippen MR) is 124 cm³/mol. The highest BCUT2D eigenvalue weighted by Gasteiger charge is 2.27. The average molecular weight is 442 g/mol. The molecule has 0 spiro atoms. The van der Waals surface area contributed by atoms with Crippen molar-refractivity contribution in [2.24, 2.45) is 0 Å². The molecule has 4 rings (SSSR count). The summed E-state index contributed by atoms with van der Waals surface area (Å²) in [7, 11) is 2.96. The molecular weight excluding hydrogens is 420 g/mol. The van der Waals surface area contributed by atoms with E-state index in [-0.39, 0.29) is 17.5 Å². The van der Waals surface area contributed by atoms with Gasteiger partial charge >= 0.3 is 5.97 Å². The molecule has 0 unspecified atom stereocenters. The number of ketones is 1. The van der Waals surface area contributed by atoms with E-state index in [2.05, 4.69) is 0 Å². The molecule has 0 aromatic heterocycles. The lowest BCUT2D eigenvalue weighted by Gasteiger charge is -2.08. The Morgan fingerprint density at radius 2 is 1.79 bits per heavy atom. The van der Waals surface area contributed by atoms with Crippen LogP contribution in [0.2, 0.25) is 0 Å². The van der Waals surface area contributed by atoms with Gasteiger partial charge in [-0.3, -0.25) is 4.79 Å². The third-order valence-electron chi connectivity index (χ3n) is 5.08. The van der Waals surface area contributed by atoms with Crippen molar-refractivity contribution in [1.29, 1.82) is 0 Å². The summed E-state index contributed by atoms with van der Waals surface area (Å²) in [6.45, 7) is 0.304. The molecule has 3 aromatic rings. The molecular formula is C27H22O6. The van der Waals surface area contributed by atoms with Gasteiger partial charge in [0.05, 0.1) is 25.3 Å². The van der Waals surface area contributed by atoms with Gasteiger partial charge in [-0.25, -0.2) is 4.79 Å². The molecule has 33 heavy (non-hydrogen) atoms. The second kappa shape index (κ2) is 9.87. The third kappa shape index (κ3) is 4.96. The van der Waals surface area contributed by atoms with Crippen LogP contribution in [0.15, 0.2) is 84.6 Å². The standard InChI is InChI=1S/C27H22O6/c1-30-23-8-4-3-6-19(23)7-5-9-24-26(28)22-15-14-21(16-25(22)33-24)32-17-18-10-12-20(13-11-18)27(29)31-2/h3-16H,17H2,1-2H3/b7-5+,24-9-. The molecule has 1 aliphatic heterocycles. The number of allylic oxidation sites excluding steroid dienone is 3. The maximum absolute atomic E-state index is 12.6. The van der Waals surface area contributed by atoms with Gasteiger partial charge < -0.3 is 18.9 Å². The van der Waals surface area contributed by atoms with E-state index >= 15 is 0 Å². The Morgan fingerprint density at radius 1 is 1.00 bits per heavy atom. The van der Waals surface area contributed by atoms with Crippen LogP contribution in [0.25, 0.3) is 6.08 Å². The Balaban J connectivity index is 1.41. The van der Waals surface area contributed by atoms with Crippen LogP contribution in [0.4, 0.5) is 0 Å². The molecule has 6 nitrogen and oxygen atoms in total. The smallest absolute Gasteiger partial charge is 0.337 e. The van der Waals surface area contributed by atoms with Gasteiger partial charge in [0, 0.05) is 11.6 Å². The minimum atomic E-state index is -0.385. The lowest BCUT2D eigenvalue weighted by molar-refractivity contribution is 0.0600. The Bertz CT molecular complexity index is 1240. The second-order valence-corrected chi connectivity index (χ2v) is 7.20. The molecule has 0 atom stereocenters. The number of carbonyl (C=O) groups is 2. The van der Waals surface area contributed by atoms with E-state index in [1.54, 1.807) is 61.7 Å². The first-order chi connectivity index (χ1) is 16.1. The van der Waals surface area contributed by atoms with Gasteiger partial charge in [0.1, 0.15) is 23.9 Å². The molecule has 0 fully saturated rings. The van der Waals surface area contributed by atoms with Crippen molar-refractivity contribution >= 4 is 17.8 Å². The van der Waals surface area contributed by atoms with Crippen LogP contribution < -0.4 is 14.2 Å². The molecule has 0 saturated carbocycles. The van der Waals surface area contributed by atoms with Gasteiger partial charge in [-0.2, -0.15) is 0 Å². The number of hydrogen-bond acceptors (Lipinski definition) is 6. The molecule has 1 heterocycles. The number of Topliss-reactive ketones (excluding diaryl/α,β-unsaturated/α-hetero) is 1. The number of rotatable bonds is 7. The molecule has 0 radical (unpaired) electrons. The quantitative estimate of drug-likeness (QED) is 0.368. The summed E-state index contributed by atoms with van der Waals surface area (Å²) >= 11 is 0. The summed E-state index contributed by atoms with van der Waals surface area (Å²) in [5.41, 5.74) is 2.75. The molecule has 1 aliphatic rings. The van der Waals surface area contributed by atoms with Gasteiger partial charge in [0.25, 0.3) is 0 Å². The van der Waals surface area contributed by atoms with E-state index in [0.29, 0.717) is 29.2 Å². The zero-order valence-electron chi connectivity index (χ0n) is 18.2. The number of benzene rings is 3. The number of carbonyl (C=O) groups excluding carboxylic acids is 2. The maximum Gasteiger partial charge on any atom is 0.337 e. The van der Waals surface area contributed by atoms with E-state index < -0.39 is 0 Å². The maximum atomic E-state index is 12.6. The van der Waals surface area contributed by atoms with Crippen LogP contribution >= 0.6 is 0 Å². The van der Waals surface area contributed by atoms with Crippen molar-refractivity contribution in [2.45, 2.75) is 6.61 Å².